The van der Waals surface area contributed by atoms with E-state index in [0.29, 0.717) is 59.5 Å². The molecule has 4 aliphatic rings. The first kappa shape index (κ1) is 29.3. The fourth-order valence-electron chi connectivity index (χ4n) is 8.08. The number of aromatic nitrogens is 3. The number of nitrogens with two attached hydrogens (primary N) is 1. The third kappa shape index (κ3) is 4.66. The van der Waals surface area contributed by atoms with Crippen molar-refractivity contribution in [3.63, 3.8) is 0 Å². The van der Waals surface area contributed by atoms with Gasteiger partial charge in [0.25, 0.3) is 6.08 Å². The van der Waals surface area contributed by atoms with Crippen LogP contribution in [0.1, 0.15) is 37.7 Å². The number of alkyl halides is 1. The van der Waals surface area contributed by atoms with Crippen LogP contribution in [0.15, 0.2) is 36.6 Å². The van der Waals surface area contributed by atoms with Gasteiger partial charge in [0.05, 0.1) is 22.0 Å². The van der Waals surface area contributed by atoms with Gasteiger partial charge in [0.1, 0.15) is 40.9 Å². The number of thiophene rings is 1. The summed E-state index contributed by atoms with van der Waals surface area (Å²) in [5, 5.41) is 14.3. The highest BCUT2D eigenvalue weighted by Crippen LogP contribution is 2.43. The smallest absolute Gasteiger partial charge is 0.319 e. The Kier molecular flexibility index (Phi) is 6.86. The van der Waals surface area contributed by atoms with E-state index in [1.54, 1.807) is 12.1 Å². The lowest BCUT2D eigenvalue weighted by molar-refractivity contribution is 0.107. The zero-order chi connectivity index (χ0) is 31.8. The van der Waals surface area contributed by atoms with E-state index in [-0.39, 0.29) is 42.0 Å². The summed E-state index contributed by atoms with van der Waals surface area (Å²) in [6.07, 6.45) is 2.97. The van der Waals surface area contributed by atoms with Crippen molar-refractivity contribution in [2.45, 2.75) is 55.4 Å². The fourth-order valence-corrected chi connectivity index (χ4v) is 9.03. The highest BCUT2D eigenvalue weighted by molar-refractivity contribution is 7.23. The minimum Gasteiger partial charge on any atom is -0.461 e. The molecule has 14 heteroatoms. The molecule has 3 aromatic heterocycles. The van der Waals surface area contributed by atoms with Crippen LogP contribution >= 0.6 is 11.3 Å². The lowest BCUT2D eigenvalue weighted by Crippen LogP contribution is -2.59. The average molecular weight is 651 g/mol. The van der Waals surface area contributed by atoms with E-state index in [2.05, 4.69) is 26.3 Å². The highest BCUT2D eigenvalue weighted by Gasteiger charge is 2.50. The molecule has 238 valence electrons. The van der Waals surface area contributed by atoms with Gasteiger partial charge in [0.2, 0.25) is 0 Å². The van der Waals surface area contributed by atoms with E-state index in [4.69, 9.17) is 15.5 Å². The summed E-state index contributed by atoms with van der Waals surface area (Å²) in [6, 6.07) is 7.22. The Morgan fingerprint density at radius 1 is 1.26 bits per heavy atom. The number of nitrogens with one attached hydrogen (secondary N) is 1. The SMILES string of the molecule is N#Cc1c(N)sc2cccc(-c3ncc4c(N5C[C@H]6CC[C@@](C=C(F)F)(C5)N6)nc(OCC56CCCN5C[C@H](F)C6)nc4c3F)c12. The van der Waals surface area contributed by atoms with Crippen LogP contribution in [-0.4, -0.2) is 75.9 Å². The second kappa shape index (κ2) is 10.8. The number of ether oxygens (including phenoxy) is 1. The molecule has 0 saturated carbocycles. The number of hydrogen-bond donors (Lipinski definition) is 2. The van der Waals surface area contributed by atoms with E-state index < -0.39 is 29.1 Å². The maximum Gasteiger partial charge on any atom is 0.319 e. The molecule has 9 nitrogen and oxygen atoms in total. The molecule has 1 aromatic carbocycles. The Bertz CT molecular complexity index is 1960. The first-order chi connectivity index (χ1) is 22.2. The molecule has 2 bridgehead atoms. The number of benzene rings is 1. The van der Waals surface area contributed by atoms with E-state index in [9.17, 15) is 18.4 Å². The van der Waals surface area contributed by atoms with Crippen molar-refractivity contribution in [3.05, 3.63) is 47.9 Å². The normalized spacial score (nSPS) is 27.3. The minimum atomic E-state index is -1.77. The quantitative estimate of drug-likeness (QED) is 0.259. The van der Waals surface area contributed by atoms with Gasteiger partial charge in [-0.15, -0.1) is 11.3 Å². The molecule has 1 unspecified atom stereocenters. The maximum atomic E-state index is 16.8. The molecule has 4 aromatic rings. The Labute approximate surface area is 265 Å². The van der Waals surface area contributed by atoms with Gasteiger partial charge in [0.15, 0.2) is 5.82 Å². The lowest BCUT2D eigenvalue weighted by atomic mass is 9.95. The standard InChI is InChI=1S/C32H30F4N8OS/c33-17-9-32(6-2-8-44(32)13-17)16-45-30-40-27-21(29(41-30)43-14-18-5-7-31(15-43,42-18)10-23(34)35)12-39-26(25(27)36)19-3-1-4-22-24(19)20(11-37)28(38)46-22/h1,3-4,10,12,17-18,42H,2,5-9,13-16,38H2/t17-,18-,31-,32?/m1/s1. The van der Waals surface area contributed by atoms with Crippen molar-refractivity contribution in [2.75, 3.05) is 43.4 Å². The van der Waals surface area contributed by atoms with Crippen LogP contribution < -0.4 is 20.7 Å². The third-order valence-electron chi connectivity index (χ3n) is 10.0. The number of nitriles is 1. The number of pyridine rings is 1. The second-order valence-corrected chi connectivity index (χ2v) is 13.9. The molecule has 4 atom stereocenters. The number of piperazine rings is 1. The number of rotatable bonds is 6. The topological polar surface area (TPSA) is 116 Å². The number of nitrogens with zero attached hydrogens (tertiary/aromatic N) is 6. The number of halogens is 4. The summed E-state index contributed by atoms with van der Waals surface area (Å²) in [5.41, 5.74) is 5.26. The van der Waals surface area contributed by atoms with Gasteiger partial charge in [-0.3, -0.25) is 9.88 Å². The molecule has 4 aliphatic heterocycles. The molecular formula is C32H30F4N8OS. The van der Waals surface area contributed by atoms with Crippen LogP contribution in [-0.2, 0) is 0 Å². The van der Waals surface area contributed by atoms with Gasteiger partial charge in [0, 0.05) is 60.0 Å². The first-order valence-electron chi connectivity index (χ1n) is 15.3. The van der Waals surface area contributed by atoms with Crippen LogP contribution in [0.3, 0.4) is 0 Å². The molecule has 0 radical (unpaired) electrons. The van der Waals surface area contributed by atoms with Crippen LogP contribution in [0, 0.1) is 17.1 Å². The number of nitrogen functional groups attached to an aromatic ring is 1. The van der Waals surface area contributed by atoms with Crippen molar-refractivity contribution in [1.82, 2.24) is 25.2 Å². The second-order valence-electron chi connectivity index (χ2n) is 12.9. The van der Waals surface area contributed by atoms with Gasteiger partial charge >= 0.3 is 6.01 Å². The van der Waals surface area contributed by atoms with Gasteiger partial charge in [-0.2, -0.15) is 24.0 Å². The van der Waals surface area contributed by atoms with Crippen molar-refractivity contribution in [3.8, 4) is 23.3 Å². The summed E-state index contributed by atoms with van der Waals surface area (Å²) in [5.74, 6) is -0.408. The molecule has 0 aliphatic carbocycles. The molecule has 8 rings (SSSR count). The van der Waals surface area contributed by atoms with E-state index >= 15 is 4.39 Å². The number of anilines is 2. The average Bonchev–Trinajstić information content (AvgIpc) is 3.73. The van der Waals surface area contributed by atoms with Crippen LogP contribution in [0.5, 0.6) is 6.01 Å². The zero-order valence-electron chi connectivity index (χ0n) is 24.7. The largest absolute Gasteiger partial charge is 0.461 e. The summed E-state index contributed by atoms with van der Waals surface area (Å²) < 4.78 is 65.3. The van der Waals surface area contributed by atoms with Crippen molar-refractivity contribution in [2.24, 2.45) is 0 Å². The van der Waals surface area contributed by atoms with E-state index in [1.807, 2.05) is 11.0 Å². The Morgan fingerprint density at radius 3 is 2.96 bits per heavy atom. The van der Waals surface area contributed by atoms with Crippen LogP contribution in [0.25, 0.3) is 32.2 Å². The van der Waals surface area contributed by atoms with Crippen LogP contribution in [0.2, 0.25) is 0 Å². The molecule has 4 saturated heterocycles. The molecule has 0 spiro atoms. The monoisotopic (exact) mass is 650 g/mol. The minimum absolute atomic E-state index is 0.0149. The third-order valence-corrected chi connectivity index (χ3v) is 11.0. The molecule has 0 amide bonds. The number of fused-ring (bicyclic) bond motifs is 5. The maximum absolute atomic E-state index is 16.8. The lowest BCUT2D eigenvalue weighted by Gasteiger charge is -2.40. The van der Waals surface area contributed by atoms with Gasteiger partial charge < -0.3 is 20.7 Å². The predicted octanol–water partition coefficient (Wildman–Crippen LogP) is 5.55. The molecule has 46 heavy (non-hydrogen) atoms. The van der Waals surface area contributed by atoms with Crippen molar-refractivity contribution < 1.29 is 22.3 Å². The van der Waals surface area contributed by atoms with Crippen LogP contribution in [0.4, 0.5) is 28.4 Å². The van der Waals surface area contributed by atoms with Crippen molar-refractivity contribution >= 4 is 43.1 Å². The summed E-state index contributed by atoms with van der Waals surface area (Å²) in [7, 11) is 0. The molecule has 3 N–H and O–H groups in total. The zero-order valence-corrected chi connectivity index (χ0v) is 25.5. The van der Waals surface area contributed by atoms with E-state index in [0.717, 1.165) is 30.2 Å². The highest BCUT2D eigenvalue weighted by atomic mass is 32.1. The van der Waals surface area contributed by atoms with Gasteiger partial charge in [-0.1, -0.05) is 12.1 Å². The summed E-state index contributed by atoms with van der Waals surface area (Å²) in [4.78, 5) is 17.7. The van der Waals surface area contributed by atoms with E-state index in [1.165, 1.54) is 17.5 Å². The summed E-state index contributed by atoms with van der Waals surface area (Å²) in [6.45, 7) is 1.90. The molecule has 4 fully saturated rings. The Balaban J connectivity index is 1.26. The van der Waals surface area contributed by atoms with Gasteiger partial charge in [-0.05, 0) is 38.3 Å². The first-order valence-corrected chi connectivity index (χ1v) is 16.2. The Morgan fingerprint density at radius 2 is 2.13 bits per heavy atom. The van der Waals surface area contributed by atoms with Crippen molar-refractivity contribution in [1.29, 1.82) is 5.26 Å². The fraction of sp³-hybridized carbons (Fsp3) is 0.438. The van der Waals surface area contributed by atoms with Gasteiger partial charge in [-0.25, -0.2) is 8.78 Å². The Hall–Kier alpha value is -4.06. The summed E-state index contributed by atoms with van der Waals surface area (Å²) >= 11 is 1.24. The molecule has 7 heterocycles. The predicted molar refractivity (Wildman–Crippen MR) is 167 cm³/mol. The molecular weight excluding hydrogens is 620 g/mol. The number of hydrogen-bond acceptors (Lipinski definition) is 10.